The van der Waals surface area contributed by atoms with Gasteiger partial charge in [0.1, 0.15) is 22.8 Å². The molecule has 120 heavy (non-hydrogen) atoms. The van der Waals surface area contributed by atoms with Gasteiger partial charge in [-0.15, -0.1) is 0 Å². The Bertz CT molecular complexity index is 4630. The molecule has 0 N–H and O–H groups in total. The summed E-state index contributed by atoms with van der Waals surface area (Å²) in [4.78, 5) is 32.1. The zero-order valence-corrected chi connectivity index (χ0v) is 84.9. The number of hydrogen-bond acceptors (Lipinski definition) is 16. The third-order valence-electron chi connectivity index (χ3n) is 13.4. The minimum atomic E-state index is -4.46. The second-order valence-electron chi connectivity index (χ2n) is 21.7. The van der Waals surface area contributed by atoms with Crippen LogP contribution in [0.1, 0.15) is 45.6 Å². The van der Waals surface area contributed by atoms with Gasteiger partial charge < -0.3 is 81.6 Å². The molecule has 0 saturated heterocycles. The van der Waals surface area contributed by atoms with Crippen LogP contribution in [0.5, 0.6) is 0 Å². The average molecular weight is 2510 g/mol. The monoisotopic (exact) mass is 2520 g/mol. The Morgan fingerprint density at radius 2 is 0.317 bits per heavy atom. The molecule has 0 aliphatic rings. The summed E-state index contributed by atoms with van der Waals surface area (Å²) in [6, 6.07) is 53.8. The van der Waals surface area contributed by atoms with E-state index >= 15 is 0 Å². The van der Waals surface area contributed by atoms with Crippen molar-refractivity contribution in [3.8, 4) is 91.1 Å². The van der Waals surface area contributed by atoms with Crippen LogP contribution in [0.25, 0.3) is 91.1 Å². The molecule has 48 heteroatoms. The number of aryl methyl sites for hydroxylation is 4. The first-order valence-electron chi connectivity index (χ1n) is 31.2. The van der Waals surface area contributed by atoms with Crippen LogP contribution < -0.4 is 40.8 Å². The summed E-state index contributed by atoms with van der Waals surface area (Å²) >= 11 is 0. The van der Waals surface area contributed by atoms with Crippen molar-refractivity contribution in [2.24, 2.45) is 0 Å². The maximum Gasteiger partial charge on any atom is 2.00 e. The summed E-state index contributed by atoms with van der Waals surface area (Å²) in [5.41, 5.74) is 8.59. The summed E-state index contributed by atoms with van der Waals surface area (Å²) in [6.07, 6.45) is -4.90. The number of alkyl halides is 12. The zero-order chi connectivity index (χ0) is 77.1. The number of hydrogen-bond donors (Lipinski definition) is 0. The summed E-state index contributed by atoms with van der Waals surface area (Å²) in [7, 11) is 0. The molecule has 0 aliphatic heterocycles. The summed E-state index contributed by atoms with van der Waals surface area (Å²) in [6.45, 7) is 7.66. The van der Waals surface area contributed by atoms with Crippen LogP contribution in [0, 0.1) is 27.7 Å². The zero-order valence-electron chi connectivity index (χ0n) is 63.4. The first kappa shape index (κ1) is 118. The standard InChI is InChI=1S/4C9H5F3N3.4C9H8N3.4Os.8H3P/c4*10-9(11,12)8-5-7(14-15-8)6-3-1-2-4-13-6;4*1-7-6-9(12-11-7)8-4-2-3-5-10-8;;;;;;;;;;;;/h4*1-5H;4*2-6H,1H3;;;;;8*1H3/q8*-1;4*+2;;;;;;;;. The van der Waals surface area contributed by atoms with E-state index in [2.05, 4.69) is 121 Å². The Morgan fingerprint density at radius 3 is 0.408 bits per heavy atom. The largest absolute Gasteiger partial charge is 2.00 e. The molecule has 8 atom stereocenters. The predicted octanol–water partition coefficient (Wildman–Crippen LogP) is 14.6. The molecule has 16 heterocycles. The van der Waals surface area contributed by atoms with Crippen LogP contribution in [0.15, 0.2) is 244 Å². The van der Waals surface area contributed by atoms with Gasteiger partial charge in [-0.3, -0.25) is 39.9 Å². The van der Waals surface area contributed by atoms with Crippen molar-refractivity contribution < 1.29 is 132 Å². The van der Waals surface area contributed by atoms with Gasteiger partial charge in [-0.25, -0.2) is 0 Å². The van der Waals surface area contributed by atoms with Crippen molar-refractivity contribution in [3.63, 3.8) is 0 Å². The molecule has 8 unspecified atom stereocenters. The second kappa shape index (κ2) is 58.2. The third-order valence-corrected chi connectivity index (χ3v) is 13.4. The molecular formula is C72H76F12N24Os4P8. The van der Waals surface area contributed by atoms with Gasteiger partial charge in [0.05, 0.1) is 0 Å². The first-order valence-corrected chi connectivity index (χ1v) is 31.2. The van der Waals surface area contributed by atoms with E-state index in [-0.39, 0.29) is 181 Å². The minimum Gasteiger partial charge on any atom is -0.574 e. The molecule has 24 nitrogen and oxygen atoms in total. The fourth-order valence-corrected chi connectivity index (χ4v) is 8.40. The minimum absolute atomic E-state index is 0. The van der Waals surface area contributed by atoms with Gasteiger partial charge in [0, 0.05) is 118 Å². The topological polar surface area (TPSA) is 319 Å². The Hall–Kier alpha value is -7.97. The molecular weight excluding hydrogens is 2440 g/mol. The van der Waals surface area contributed by atoms with E-state index in [1.165, 1.54) is 24.8 Å². The molecule has 16 aromatic heterocycles. The van der Waals surface area contributed by atoms with Gasteiger partial charge in [-0.2, -0.15) is 132 Å². The van der Waals surface area contributed by atoms with E-state index in [1.54, 1.807) is 97.6 Å². The van der Waals surface area contributed by atoms with E-state index in [1.807, 2.05) is 125 Å². The Labute approximate surface area is 759 Å². The van der Waals surface area contributed by atoms with Crippen LogP contribution in [-0.4, -0.2) is 80.7 Å². The molecule has 640 valence electrons. The Balaban J connectivity index is -0.000000633. The van der Waals surface area contributed by atoms with Crippen LogP contribution >= 0.6 is 79.2 Å². The number of halogens is 12. The fourth-order valence-electron chi connectivity index (χ4n) is 8.40. The number of pyridine rings is 8. The van der Waals surface area contributed by atoms with Gasteiger partial charge in [-0.1, -0.05) is 118 Å². The number of rotatable bonds is 8. The molecule has 0 amide bonds. The molecule has 16 aromatic rings. The third kappa shape index (κ3) is 38.6. The summed E-state index contributed by atoms with van der Waals surface area (Å²) in [5.74, 6) is 0. The second-order valence-corrected chi connectivity index (χ2v) is 21.7. The molecule has 0 bridgehead atoms. The molecule has 0 aliphatic carbocycles. The summed E-state index contributed by atoms with van der Waals surface area (Å²) < 4.78 is 146. The SMILES string of the molecule is Cc1cc(-c2ccccn2)[n-]n1.Cc1cc(-c2ccccn2)[n-]n1.Cc1cc(-c2ccccn2)[n-]n1.Cc1cc(-c2ccccn2)[n-]n1.FC(F)(F)c1cc(-c2ccccn2)[n-]n1.FC(F)(F)c1cc(-c2ccccn2)[n-]n1.FC(F)(F)c1cc(-c2ccccn2)[n-]n1.FC(F)(F)c1cc(-c2ccccn2)[n-]n1.P.P.P.P.P.P.P.P.[Os+2].[Os+2].[Os+2].[Os+2]. The van der Waals surface area contributed by atoms with E-state index < -0.39 is 47.5 Å². The number of nitrogens with zero attached hydrogens (tertiary/aromatic N) is 24. The van der Waals surface area contributed by atoms with Gasteiger partial charge in [0.15, 0.2) is 0 Å². The molecule has 0 radical (unpaired) electrons. The van der Waals surface area contributed by atoms with Crippen LogP contribution in [0.3, 0.4) is 0 Å². The van der Waals surface area contributed by atoms with Crippen molar-refractivity contribution in [3.05, 3.63) is 289 Å². The smallest absolute Gasteiger partial charge is 0.574 e. The van der Waals surface area contributed by atoms with Gasteiger partial charge in [0.25, 0.3) is 0 Å². The van der Waals surface area contributed by atoms with Gasteiger partial charge in [-0.05, 0) is 149 Å². The fraction of sp³-hybridized carbons (Fsp3) is 0.111. The van der Waals surface area contributed by atoms with Gasteiger partial charge >= 0.3 is 104 Å². The number of aromatic nitrogens is 24. The molecule has 0 fully saturated rings. The van der Waals surface area contributed by atoms with Crippen molar-refractivity contribution in [2.75, 3.05) is 0 Å². The van der Waals surface area contributed by atoms with Crippen molar-refractivity contribution >= 4 is 79.2 Å². The maximum atomic E-state index is 12.2. The normalized spacial score (nSPS) is 9.87. The maximum absolute atomic E-state index is 12.2. The quantitative estimate of drug-likeness (QED) is 0.101. The van der Waals surface area contributed by atoms with Crippen LogP contribution in [0.4, 0.5) is 52.7 Å². The van der Waals surface area contributed by atoms with Crippen molar-refractivity contribution in [1.29, 1.82) is 0 Å². The van der Waals surface area contributed by atoms with E-state index in [0.29, 0.717) is 22.8 Å². The van der Waals surface area contributed by atoms with Crippen molar-refractivity contribution in [2.45, 2.75) is 52.4 Å². The van der Waals surface area contributed by atoms with E-state index in [0.717, 1.165) is 92.6 Å². The Kier molecular flexibility index (Phi) is 57.3. The van der Waals surface area contributed by atoms with Gasteiger partial charge in [0.2, 0.25) is 0 Å². The van der Waals surface area contributed by atoms with Crippen LogP contribution in [-0.2, 0) is 104 Å². The molecule has 0 saturated carbocycles. The molecule has 16 rings (SSSR count). The first-order chi connectivity index (χ1) is 51.7. The molecule has 0 aromatic carbocycles. The van der Waals surface area contributed by atoms with Crippen LogP contribution in [0.2, 0.25) is 0 Å². The molecule has 0 spiro atoms. The van der Waals surface area contributed by atoms with Crippen molar-refractivity contribution in [1.82, 2.24) is 121 Å². The predicted molar refractivity (Wildman–Crippen MR) is 454 cm³/mol. The van der Waals surface area contributed by atoms with E-state index in [4.69, 9.17) is 0 Å². The van der Waals surface area contributed by atoms with E-state index in [9.17, 15) is 52.7 Å². The summed E-state index contributed by atoms with van der Waals surface area (Å²) in [5, 5.41) is 57.4. The Morgan fingerprint density at radius 1 is 0.192 bits per heavy atom. The average Bonchev–Trinajstić information content (AvgIpc) is 1.70.